The molecule has 0 spiro atoms. The largest absolute Gasteiger partial charge is 0.456 e. The summed E-state index contributed by atoms with van der Waals surface area (Å²) in [6, 6.07) is 75.0. The van der Waals surface area contributed by atoms with Crippen molar-refractivity contribution in [3.63, 3.8) is 0 Å². The van der Waals surface area contributed by atoms with Gasteiger partial charge in [0.1, 0.15) is 22.3 Å². The van der Waals surface area contributed by atoms with Crippen molar-refractivity contribution in [2.75, 3.05) is 0 Å². The van der Waals surface area contributed by atoms with Crippen LogP contribution in [0.3, 0.4) is 0 Å². The Morgan fingerprint density at radius 1 is 0.271 bits per heavy atom. The average Bonchev–Trinajstić information content (AvgIpc) is 4.20. The second-order valence-electron chi connectivity index (χ2n) is 17.8. The van der Waals surface area contributed by atoms with Gasteiger partial charge in [0.25, 0.3) is 0 Å². The van der Waals surface area contributed by atoms with Crippen molar-refractivity contribution >= 4 is 107 Å². The molecular weight excluding hydrogens is 895 g/mol. The number of hydrogen-bond acceptors (Lipinski definition) is 7. The highest BCUT2D eigenvalue weighted by Gasteiger charge is 2.21. The molecule has 0 bridgehead atoms. The Hall–Kier alpha value is -8.75. The second-order valence-corrected chi connectivity index (χ2v) is 20.0. The predicted molar refractivity (Wildman–Crippen MR) is 293 cm³/mol. The van der Waals surface area contributed by atoms with E-state index < -0.39 is 0 Å². The normalized spacial score (nSPS) is 12.0. The zero-order valence-electron chi connectivity index (χ0n) is 37.2. The molecule has 5 heterocycles. The second kappa shape index (κ2) is 15.4. The standard InChI is InChI=1S/C63H35N3O2S2/c1-2-11-37(12-3-1)61-64-62(38-25-23-36(24-26-38)43-16-8-17-47-44-13-4-6-19-51(44)68-60(43)47)66-63(65-61)48-18-9-20-53-58(48)49-34-41(28-31-52(49)67-53)42-15-10-22-56-59(42)50-33-39(29-32-55(50)69-56)40-27-30-46-45-14-5-7-21-54(45)70-57(46)35-40/h1-35H. The number of fused-ring (bicyclic) bond motifs is 12. The highest BCUT2D eigenvalue weighted by Crippen LogP contribution is 2.45. The summed E-state index contributed by atoms with van der Waals surface area (Å²) in [5.74, 6) is 1.76. The Labute approximate surface area is 408 Å². The van der Waals surface area contributed by atoms with Crippen molar-refractivity contribution in [1.29, 1.82) is 0 Å². The van der Waals surface area contributed by atoms with E-state index in [0.29, 0.717) is 17.5 Å². The van der Waals surface area contributed by atoms with Crippen LogP contribution in [0.1, 0.15) is 0 Å². The Morgan fingerprint density at radius 2 is 0.843 bits per heavy atom. The molecule has 0 atom stereocenters. The van der Waals surface area contributed by atoms with Crippen LogP contribution in [0.15, 0.2) is 221 Å². The Balaban J connectivity index is 0.854. The van der Waals surface area contributed by atoms with Gasteiger partial charge in [-0.2, -0.15) is 0 Å². The van der Waals surface area contributed by atoms with E-state index >= 15 is 0 Å². The Bertz CT molecular complexity index is 4600. The maximum atomic E-state index is 6.62. The zero-order valence-corrected chi connectivity index (χ0v) is 38.8. The monoisotopic (exact) mass is 929 g/mol. The number of benzene rings is 10. The van der Waals surface area contributed by atoms with Gasteiger partial charge in [-0.05, 0) is 82.4 Å². The van der Waals surface area contributed by atoms with Crippen molar-refractivity contribution < 1.29 is 8.83 Å². The van der Waals surface area contributed by atoms with E-state index in [1.165, 1.54) is 57.0 Å². The predicted octanol–water partition coefficient (Wildman–Crippen LogP) is 18.4. The fourth-order valence-corrected chi connectivity index (χ4v) is 12.7. The fourth-order valence-electron chi connectivity index (χ4n) is 10.4. The summed E-state index contributed by atoms with van der Waals surface area (Å²) in [5, 5.41) is 9.32. The maximum Gasteiger partial charge on any atom is 0.164 e. The van der Waals surface area contributed by atoms with Crippen LogP contribution in [0, 0.1) is 0 Å². The van der Waals surface area contributed by atoms with Crippen LogP contribution in [0.25, 0.3) is 152 Å². The molecule has 5 aromatic heterocycles. The quantitative estimate of drug-likeness (QED) is 0.166. The van der Waals surface area contributed by atoms with Gasteiger partial charge < -0.3 is 8.83 Å². The maximum absolute atomic E-state index is 6.62. The van der Waals surface area contributed by atoms with Crippen molar-refractivity contribution in [3.05, 3.63) is 212 Å². The van der Waals surface area contributed by atoms with Crippen LogP contribution in [-0.2, 0) is 0 Å². The third-order valence-corrected chi connectivity index (χ3v) is 16.0. The first-order valence-electron chi connectivity index (χ1n) is 23.3. The van der Waals surface area contributed by atoms with Gasteiger partial charge in [-0.3, -0.25) is 0 Å². The summed E-state index contributed by atoms with van der Waals surface area (Å²) >= 11 is 3.70. The number of nitrogens with zero attached hydrogens (tertiary/aromatic N) is 3. The first-order chi connectivity index (χ1) is 34.6. The summed E-state index contributed by atoms with van der Waals surface area (Å²) in [5.41, 5.74) is 12.8. The summed E-state index contributed by atoms with van der Waals surface area (Å²) in [4.78, 5) is 15.5. The minimum atomic E-state index is 0.575. The van der Waals surface area contributed by atoms with E-state index in [2.05, 4.69) is 158 Å². The summed E-state index contributed by atoms with van der Waals surface area (Å²) in [6.07, 6.45) is 0. The molecule has 0 N–H and O–H groups in total. The van der Waals surface area contributed by atoms with Crippen LogP contribution in [0.2, 0.25) is 0 Å². The molecule has 0 aliphatic rings. The van der Waals surface area contributed by atoms with Crippen molar-refractivity contribution in [2.45, 2.75) is 0 Å². The highest BCUT2D eigenvalue weighted by atomic mass is 32.1. The molecule has 7 heteroatoms. The lowest BCUT2D eigenvalue weighted by Gasteiger charge is -2.10. The Morgan fingerprint density at radius 3 is 1.74 bits per heavy atom. The summed E-state index contributed by atoms with van der Waals surface area (Å²) in [7, 11) is 0. The molecule has 0 aliphatic heterocycles. The Kier molecular flexibility index (Phi) is 8.63. The number of para-hydroxylation sites is 2. The van der Waals surface area contributed by atoms with Crippen molar-refractivity contribution in [1.82, 2.24) is 15.0 Å². The molecule has 326 valence electrons. The van der Waals surface area contributed by atoms with Gasteiger partial charge in [0, 0.05) is 84.1 Å². The lowest BCUT2D eigenvalue weighted by Crippen LogP contribution is -2.00. The van der Waals surface area contributed by atoms with E-state index in [4.69, 9.17) is 23.8 Å². The number of aromatic nitrogens is 3. The van der Waals surface area contributed by atoms with E-state index in [0.717, 1.165) is 77.3 Å². The van der Waals surface area contributed by atoms with Gasteiger partial charge in [0.15, 0.2) is 17.5 Å². The van der Waals surface area contributed by atoms with Crippen LogP contribution in [0.5, 0.6) is 0 Å². The molecule has 70 heavy (non-hydrogen) atoms. The number of thiophene rings is 2. The van der Waals surface area contributed by atoms with Gasteiger partial charge in [0.2, 0.25) is 0 Å². The van der Waals surface area contributed by atoms with Gasteiger partial charge in [-0.1, -0.05) is 158 Å². The topological polar surface area (TPSA) is 65.0 Å². The number of hydrogen-bond donors (Lipinski definition) is 0. The molecule has 0 unspecified atom stereocenters. The van der Waals surface area contributed by atoms with Gasteiger partial charge in [-0.25, -0.2) is 15.0 Å². The lowest BCUT2D eigenvalue weighted by molar-refractivity contribution is 0.669. The molecule has 15 rings (SSSR count). The first-order valence-corrected chi connectivity index (χ1v) is 24.9. The van der Waals surface area contributed by atoms with Crippen LogP contribution in [0.4, 0.5) is 0 Å². The molecule has 0 aliphatic carbocycles. The molecular formula is C63H35N3O2S2. The van der Waals surface area contributed by atoms with Crippen LogP contribution >= 0.6 is 22.7 Å². The number of rotatable bonds is 6. The lowest BCUT2D eigenvalue weighted by atomic mass is 9.95. The van der Waals surface area contributed by atoms with Gasteiger partial charge >= 0.3 is 0 Å². The average molecular weight is 930 g/mol. The van der Waals surface area contributed by atoms with E-state index in [-0.39, 0.29) is 0 Å². The van der Waals surface area contributed by atoms with E-state index in [1.54, 1.807) is 0 Å². The summed E-state index contributed by atoms with van der Waals surface area (Å²) < 4.78 is 18.2. The molecule has 5 nitrogen and oxygen atoms in total. The van der Waals surface area contributed by atoms with Gasteiger partial charge in [0.05, 0.1) is 0 Å². The molecule has 0 saturated carbocycles. The fraction of sp³-hybridized carbons (Fsp3) is 0. The van der Waals surface area contributed by atoms with E-state index in [9.17, 15) is 0 Å². The van der Waals surface area contributed by atoms with Crippen LogP contribution in [-0.4, -0.2) is 15.0 Å². The van der Waals surface area contributed by atoms with Gasteiger partial charge in [-0.15, -0.1) is 22.7 Å². The number of furan rings is 2. The molecule has 15 aromatic rings. The molecule has 0 amide bonds. The smallest absolute Gasteiger partial charge is 0.164 e. The van der Waals surface area contributed by atoms with Crippen molar-refractivity contribution in [2.24, 2.45) is 0 Å². The van der Waals surface area contributed by atoms with E-state index in [1.807, 2.05) is 77.3 Å². The molecule has 0 fully saturated rings. The minimum absolute atomic E-state index is 0.575. The first kappa shape index (κ1) is 39.3. The molecule has 0 saturated heterocycles. The van der Waals surface area contributed by atoms with Crippen molar-refractivity contribution in [3.8, 4) is 67.5 Å². The molecule has 10 aromatic carbocycles. The molecule has 0 radical (unpaired) electrons. The minimum Gasteiger partial charge on any atom is -0.456 e. The highest BCUT2D eigenvalue weighted by molar-refractivity contribution is 7.26. The third kappa shape index (κ3) is 6.19. The SMILES string of the molecule is c1ccc(-c2nc(-c3ccc(-c4cccc5c4oc4ccccc45)cc3)nc(-c3cccc4oc5ccc(-c6cccc7sc8ccc(-c9ccc%10c(c9)sc9ccccc9%10)cc8c67)cc5c34)n2)cc1. The van der Waals surface area contributed by atoms with Crippen LogP contribution < -0.4 is 0 Å². The summed E-state index contributed by atoms with van der Waals surface area (Å²) in [6.45, 7) is 0. The zero-order chi connectivity index (χ0) is 45.9. The third-order valence-electron chi connectivity index (χ3n) is 13.8.